The first-order chi connectivity index (χ1) is 9.70. The van der Waals surface area contributed by atoms with Gasteiger partial charge in [0.25, 0.3) is 0 Å². The number of hydrogen-bond acceptors (Lipinski definition) is 5. The van der Waals surface area contributed by atoms with E-state index in [-0.39, 0.29) is 24.0 Å². The molecule has 0 fully saturated rings. The molecule has 0 saturated heterocycles. The number of nitrogens with one attached hydrogen (secondary N) is 1. The van der Waals surface area contributed by atoms with Gasteiger partial charge in [0.2, 0.25) is 10.0 Å². The lowest BCUT2D eigenvalue weighted by Crippen LogP contribution is -2.37. The van der Waals surface area contributed by atoms with Gasteiger partial charge in [0.1, 0.15) is 6.54 Å². The number of rotatable bonds is 6. The number of guanidine groups is 1. The summed E-state index contributed by atoms with van der Waals surface area (Å²) in [6, 6.07) is 6.01. The summed E-state index contributed by atoms with van der Waals surface area (Å²) in [7, 11) is -2.19. The van der Waals surface area contributed by atoms with Gasteiger partial charge >= 0.3 is 5.97 Å². The van der Waals surface area contributed by atoms with Gasteiger partial charge in [-0.2, -0.15) is 0 Å². The second kappa shape index (κ2) is 7.04. The Morgan fingerprint density at radius 3 is 2.38 bits per heavy atom. The molecule has 0 saturated carbocycles. The van der Waals surface area contributed by atoms with E-state index in [4.69, 9.17) is 21.0 Å². The molecule has 1 aromatic carbocycles. The molecule has 0 spiro atoms. The van der Waals surface area contributed by atoms with Crippen molar-refractivity contribution in [1.29, 1.82) is 5.41 Å². The molecule has 0 unspecified atom stereocenters. The minimum absolute atomic E-state index is 0.0336. The number of nitrogens with zero attached hydrogens (tertiary/aromatic N) is 1. The van der Waals surface area contributed by atoms with Crippen LogP contribution < -0.4 is 10.9 Å². The van der Waals surface area contributed by atoms with Crippen LogP contribution in [0.25, 0.3) is 0 Å². The SMILES string of the molecule is CN(CC(=O)OCCc1ccc(S(N)(=O)=O)cc1)C(=N)N. The van der Waals surface area contributed by atoms with E-state index >= 15 is 0 Å². The van der Waals surface area contributed by atoms with Gasteiger partial charge in [-0.25, -0.2) is 13.6 Å². The molecule has 0 atom stereocenters. The van der Waals surface area contributed by atoms with E-state index in [9.17, 15) is 13.2 Å². The molecule has 8 nitrogen and oxygen atoms in total. The molecule has 0 aliphatic carbocycles. The Balaban J connectivity index is 2.43. The zero-order chi connectivity index (χ0) is 16.0. The van der Waals surface area contributed by atoms with Gasteiger partial charge in [-0.3, -0.25) is 10.2 Å². The Morgan fingerprint density at radius 2 is 1.90 bits per heavy atom. The Bertz CT molecular complexity index is 613. The van der Waals surface area contributed by atoms with Gasteiger partial charge < -0.3 is 15.4 Å². The van der Waals surface area contributed by atoms with E-state index in [0.29, 0.717) is 6.42 Å². The second-order valence-electron chi connectivity index (χ2n) is 4.40. The highest BCUT2D eigenvalue weighted by Gasteiger charge is 2.09. The summed E-state index contributed by atoms with van der Waals surface area (Å²) >= 11 is 0. The van der Waals surface area contributed by atoms with E-state index in [0.717, 1.165) is 5.56 Å². The van der Waals surface area contributed by atoms with E-state index in [2.05, 4.69) is 0 Å². The van der Waals surface area contributed by atoms with E-state index in [1.54, 1.807) is 12.1 Å². The molecule has 9 heteroatoms. The summed E-state index contributed by atoms with van der Waals surface area (Å²) in [5, 5.41) is 12.1. The maximum absolute atomic E-state index is 11.4. The topological polar surface area (TPSA) is 140 Å². The molecule has 1 aromatic rings. The van der Waals surface area contributed by atoms with Gasteiger partial charge in [-0.1, -0.05) is 12.1 Å². The van der Waals surface area contributed by atoms with Gasteiger partial charge in [0.05, 0.1) is 11.5 Å². The summed E-state index contributed by atoms with van der Waals surface area (Å²) in [6.45, 7) is 0.0546. The standard InChI is InChI=1S/C12H18N4O4S/c1-16(12(13)14)8-11(17)20-7-6-9-2-4-10(5-3-9)21(15,18)19/h2-5H,6-8H2,1H3,(H3,13,14)(H2,15,18,19). The smallest absolute Gasteiger partial charge is 0.325 e. The molecule has 0 aliphatic rings. The number of esters is 1. The molecule has 5 N–H and O–H groups in total. The van der Waals surface area contributed by atoms with Crippen LogP contribution in [0.1, 0.15) is 5.56 Å². The van der Waals surface area contributed by atoms with E-state index in [1.165, 1.54) is 24.1 Å². The lowest BCUT2D eigenvalue weighted by molar-refractivity contribution is -0.143. The number of carbonyl (C=O) groups is 1. The Kier molecular flexibility index (Phi) is 5.68. The first kappa shape index (κ1) is 16.9. The predicted molar refractivity (Wildman–Crippen MR) is 77.0 cm³/mol. The van der Waals surface area contributed by atoms with Crippen LogP contribution in [0.4, 0.5) is 0 Å². The van der Waals surface area contributed by atoms with Crippen molar-refractivity contribution in [2.75, 3.05) is 20.2 Å². The third-order valence-corrected chi connectivity index (χ3v) is 3.61. The molecular weight excluding hydrogens is 296 g/mol. The Hall–Kier alpha value is -2.13. The summed E-state index contributed by atoms with van der Waals surface area (Å²) in [4.78, 5) is 12.7. The average Bonchev–Trinajstić information content (AvgIpc) is 2.38. The normalized spacial score (nSPS) is 11.0. The Labute approximate surface area is 123 Å². The van der Waals surface area contributed by atoms with Gasteiger partial charge in [-0.05, 0) is 17.7 Å². The molecule has 21 heavy (non-hydrogen) atoms. The van der Waals surface area contributed by atoms with E-state index < -0.39 is 16.0 Å². The number of sulfonamides is 1. The fourth-order valence-electron chi connectivity index (χ4n) is 1.45. The summed E-state index contributed by atoms with van der Waals surface area (Å²) in [5.74, 6) is -0.709. The van der Waals surface area contributed by atoms with Crippen molar-refractivity contribution >= 4 is 22.0 Å². The highest BCUT2D eigenvalue weighted by atomic mass is 32.2. The predicted octanol–water partition coefficient (Wildman–Crippen LogP) is -0.755. The van der Waals surface area contributed by atoms with Crippen LogP contribution in [0.2, 0.25) is 0 Å². The summed E-state index contributed by atoms with van der Waals surface area (Å²) in [5.41, 5.74) is 6.01. The van der Waals surface area contributed by atoms with Crippen LogP contribution in [-0.4, -0.2) is 45.4 Å². The minimum atomic E-state index is -3.70. The zero-order valence-electron chi connectivity index (χ0n) is 11.6. The molecule has 1 rings (SSSR count). The van der Waals surface area contributed by atoms with Crippen LogP contribution in [-0.2, 0) is 26.0 Å². The van der Waals surface area contributed by atoms with Gasteiger partial charge in [0.15, 0.2) is 5.96 Å². The molecule has 0 radical (unpaired) electrons. The number of likely N-dealkylation sites (N-methyl/N-ethyl adjacent to an activating group) is 1. The number of nitrogens with two attached hydrogens (primary N) is 2. The molecule has 0 aliphatic heterocycles. The molecular formula is C12H18N4O4S. The monoisotopic (exact) mass is 314 g/mol. The summed E-state index contributed by atoms with van der Waals surface area (Å²) in [6.07, 6.45) is 0.445. The lowest BCUT2D eigenvalue weighted by atomic mass is 10.2. The second-order valence-corrected chi connectivity index (χ2v) is 5.96. The van der Waals surface area contributed by atoms with Crippen molar-refractivity contribution in [3.63, 3.8) is 0 Å². The van der Waals surface area contributed by atoms with Crippen LogP contribution in [0.15, 0.2) is 29.2 Å². The first-order valence-electron chi connectivity index (χ1n) is 6.02. The van der Waals surface area contributed by atoms with Crippen LogP contribution in [0.3, 0.4) is 0 Å². The first-order valence-corrected chi connectivity index (χ1v) is 7.57. The fraction of sp³-hybridized carbons (Fsp3) is 0.333. The number of ether oxygens (including phenoxy) is 1. The minimum Gasteiger partial charge on any atom is -0.464 e. The third kappa shape index (κ3) is 5.79. The molecule has 0 amide bonds. The number of carbonyl (C=O) groups excluding carboxylic acids is 1. The van der Waals surface area contributed by atoms with Gasteiger partial charge in [0, 0.05) is 13.5 Å². The van der Waals surface area contributed by atoms with Crippen LogP contribution in [0.5, 0.6) is 0 Å². The molecule has 0 bridgehead atoms. The van der Waals surface area contributed by atoms with Crippen molar-refractivity contribution in [1.82, 2.24) is 4.90 Å². The Morgan fingerprint density at radius 1 is 1.33 bits per heavy atom. The number of benzene rings is 1. The quantitative estimate of drug-likeness (QED) is 0.358. The highest BCUT2D eigenvalue weighted by Crippen LogP contribution is 2.09. The third-order valence-electron chi connectivity index (χ3n) is 2.68. The molecule has 116 valence electrons. The van der Waals surface area contributed by atoms with Crippen LogP contribution in [0, 0.1) is 5.41 Å². The lowest BCUT2D eigenvalue weighted by Gasteiger charge is -2.15. The average molecular weight is 314 g/mol. The van der Waals surface area contributed by atoms with Crippen molar-refractivity contribution in [2.45, 2.75) is 11.3 Å². The molecule has 0 aromatic heterocycles. The fourth-order valence-corrected chi connectivity index (χ4v) is 1.97. The number of hydrogen-bond donors (Lipinski definition) is 3. The van der Waals surface area contributed by atoms with E-state index in [1.807, 2.05) is 0 Å². The number of primary sulfonamides is 1. The van der Waals surface area contributed by atoms with Crippen molar-refractivity contribution in [3.05, 3.63) is 29.8 Å². The maximum atomic E-state index is 11.4. The largest absolute Gasteiger partial charge is 0.464 e. The summed E-state index contributed by atoms with van der Waals surface area (Å²) < 4.78 is 27.2. The highest BCUT2D eigenvalue weighted by molar-refractivity contribution is 7.89. The van der Waals surface area contributed by atoms with Crippen LogP contribution >= 0.6 is 0 Å². The van der Waals surface area contributed by atoms with Crippen molar-refractivity contribution in [2.24, 2.45) is 10.9 Å². The maximum Gasteiger partial charge on any atom is 0.325 e. The van der Waals surface area contributed by atoms with Crippen molar-refractivity contribution in [3.8, 4) is 0 Å². The molecule has 0 heterocycles. The zero-order valence-corrected chi connectivity index (χ0v) is 12.4. The van der Waals surface area contributed by atoms with Crippen molar-refractivity contribution < 1.29 is 17.9 Å². The van der Waals surface area contributed by atoms with Gasteiger partial charge in [-0.15, -0.1) is 0 Å².